The Morgan fingerprint density at radius 1 is 1.08 bits per heavy atom. The molecule has 0 aromatic carbocycles. The topological polar surface area (TPSA) is 57.5 Å². The monoisotopic (exact) mass is 186 g/mol. The second-order valence-corrected chi connectivity index (χ2v) is 3.12. The molecule has 0 amide bonds. The summed E-state index contributed by atoms with van der Waals surface area (Å²) in [6, 6.07) is 0. The average molecular weight is 186 g/mol. The largest absolute Gasteiger partial charge is 0.396 e. The lowest BCUT2D eigenvalue weighted by atomic mass is 9.99. The molecule has 0 aromatic rings. The number of rotatable bonds is 6. The highest BCUT2D eigenvalue weighted by Gasteiger charge is 2.06. The van der Waals surface area contributed by atoms with Crippen molar-refractivity contribution < 1.29 is 15.0 Å². The van der Waals surface area contributed by atoms with Crippen molar-refractivity contribution in [2.24, 2.45) is 0 Å². The molecule has 3 heteroatoms. The van der Waals surface area contributed by atoms with Gasteiger partial charge in [-0.3, -0.25) is 4.79 Å². The molecule has 0 atom stereocenters. The van der Waals surface area contributed by atoms with Crippen LogP contribution in [0.4, 0.5) is 0 Å². The predicted octanol–water partition coefficient (Wildman–Crippen LogP) is 1.05. The molecule has 3 nitrogen and oxygen atoms in total. The summed E-state index contributed by atoms with van der Waals surface area (Å²) in [7, 11) is 0. The molecule has 0 saturated carbocycles. The van der Waals surface area contributed by atoms with E-state index in [2.05, 4.69) is 0 Å². The van der Waals surface area contributed by atoms with E-state index in [0.717, 1.165) is 12.0 Å². The third-order valence-corrected chi connectivity index (χ3v) is 2.01. The van der Waals surface area contributed by atoms with Gasteiger partial charge in [-0.05, 0) is 38.7 Å². The standard InChI is InChI=1S/C10H18O3/c1-8(4-3-6-11)10(5-7-12)9(2)13/h11-12H,3-7H2,1-2H3/b10-8+. The average Bonchev–Trinajstić information content (AvgIpc) is 2.09. The Morgan fingerprint density at radius 3 is 2.08 bits per heavy atom. The van der Waals surface area contributed by atoms with Crippen molar-refractivity contribution in [3.05, 3.63) is 11.1 Å². The zero-order chi connectivity index (χ0) is 10.3. The minimum atomic E-state index is 0.00534. The second-order valence-electron chi connectivity index (χ2n) is 3.12. The highest BCUT2D eigenvalue weighted by Crippen LogP contribution is 2.14. The maximum Gasteiger partial charge on any atom is 0.155 e. The molecule has 0 spiro atoms. The van der Waals surface area contributed by atoms with Gasteiger partial charge in [-0.15, -0.1) is 0 Å². The van der Waals surface area contributed by atoms with Crippen LogP contribution in [0.5, 0.6) is 0 Å². The summed E-state index contributed by atoms with van der Waals surface area (Å²) in [5.74, 6) is 0.0180. The number of ketones is 1. The Balaban J connectivity index is 4.35. The molecule has 0 heterocycles. The summed E-state index contributed by atoms with van der Waals surface area (Å²) in [5.41, 5.74) is 1.69. The predicted molar refractivity (Wildman–Crippen MR) is 51.4 cm³/mol. The first-order valence-corrected chi connectivity index (χ1v) is 4.54. The fourth-order valence-corrected chi connectivity index (χ4v) is 1.30. The molecule has 0 aliphatic carbocycles. The highest BCUT2D eigenvalue weighted by molar-refractivity contribution is 5.93. The maximum absolute atomic E-state index is 11.1. The van der Waals surface area contributed by atoms with Crippen molar-refractivity contribution >= 4 is 5.78 Å². The lowest BCUT2D eigenvalue weighted by molar-refractivity contribution is -0.113. The van der Waals surface area contributed by atoms with Gasteiger partial charge in [0.2, 0.25) is 0 Å². The van der Waals surface area contributed by atoms with Crippen molar-refractivity contribution in [3.63, 3.8) is 0 Å². The van der Waals surface area contributed by atoms with Gasteiger partial charge in [-0.25, -0.2) is 0 Å². The zero-order valence-corrected chi connectivity index (χ0v) is 8.34. The van der Waals surface area contributed by atoms with Gasteiger partial charge < -0.3 is 10.2 Å². The van der Waals surface area contributed by atoms with Gasteiger partial charge in [0.1, 0.15) is 0 Å². The van der Waals surface area contributed by atoms with Crippen LogP contribution < -0.4 is 0 Å². The van der Waals surface area contributed by atoms with Crippen LogP contribution >= 0.6 is 0 Å². The number of aliphatic hydroxyl groups excluding tert-OH is 2. The molecule has 76 valence electrons. The van der Waals surface area contributed by atoms with Crippen LogP contribution in [-0.2, 0) is 4.79 Å². The van der Waals surface area contributed by atoms with Crippen molar-refractivity contribution in [1.29, 1.82) is 0 Å². The van der Waals surface area contributed by atoms with Crippen molar-refractivity contribution in [2.75, 3.05) is 13.2 Å². The fraction of sp³-hybridized carbons (Fsp3) is 0.700. The number of hydrogen-bond acceptors (Lipinski definition) is 3. The van der Waals surface area contributed by atoms with Gasteiger partial charge in [0.05, 0.1) is 0 Å². The first-order valence-electron chi connectivity index (χ1n) is 4.54. The van der Waals surface area contributed by atoms with E-state index in [1.54, 1.807) is 0 Å². The first kappa shape index (κ1) is 12.3. The van der Waals surface area contributed by atoms with E-state index in [1.807, 2.05) is 6.92 Å². The number of carbonyl (C=O) groups is 1. The Bertz CT molecular complexity index is 194. The number of carbonyl (C=O) groups excluding carboxylic acids is 1. The summed E-state index contributed by atoms with van der Waals surface area (Å²) in [6.45, 7) is 3.53. The summed E-state index contributed by atoms with van der Waals surface area (Å²) in [6.07, 6.45) is 1.83. The molecule has 0 bridgehead atoms. The fourth-order valence-electron chi connectivity index (χ4n) is 1.30. The Morgan fingerprint density at radius 2 is 1.69 bits per heavy atom. The zero-order valence-electron chi connectivity index (χ0n) is 8.34. The van der Waals surface area contributed by atoms with Crippen molar-refractivity contribution in [2.45, 2.75) is 33.1 Å². The summed E-state index contributed by atoms with van der Waals surface area (Å²) >= 11 is 0. The van der Waals surface area contributed by atoms with Gasteiger partial charge in [0.15, 0.2) is 5.78 Å². The third-order valence-electron chi connectivity index (χ3n) is 2.01. The van der Waals surface area contributed by atoms with Gasteiger partial charge in [-0.1, -0.05) is 5.57 Å². The normalized spacial score (nSPS) is 12.6. The summed E-state index contributed by atoms with van der Waals surface area (Å²) < 4.78 is 0. The van der Waals surface area contributed by atoms with E-state index in [1.165, 1.54) is 6.92 Å². The van der Waals surface area contributed by atoms with E-state index >= 15 is 0 Å². The van der Waals surface area contributed by atoms with E-state index < -0.39 is 0 Å². The van der Waals surface area contributed by atoms with E-state index in [4.69, 9.17) is 10.2 Å². The second kappa shape index (κ2) is 6.80. The van der Waals surface area contributed by atoms with Crippen LogP contribution in [-0.4, -0.2) is 29.2 Å². The van der Waals surface area contributed by atoms with Gasteiger partial charge in [0, 0.05) is 13.2 Å². The van der Waals surface area contributed by atoms with Crippen LogP contribution in [0.3, 0.4) is 0 Å². The molecule has 0 radical (unpaired) electrons. The van der Waals surface area contributed by atoms with Crippen LogP contribution in [0.15, 0.2) is 11.1 Å². The van der Waals surface area contributed by atoms with Crippen LogP contribution in [0.2, 0.25) is 0 Å². The van der Waals surface area contributed by atoms with E-state index in [9.17, 15) is 4.79 Å². The van der Waals surface area contributed by atoms with Crippen LogP contribution in [0.1, 0.15) is 33.1 Å². The molecule has 0 fully saturated rings. The summed E-state index contributed by atoms with van der Waals surface area (Å²) in [5, 5.41) is 17.3. The molecular weight excluding hydrogens is 168 g/mol. The number of hydrogen-bond donors (Lipinski definition) is 2. The molecular formula is C10H18O3. The number of allylic oxidation sites excluding steroid dienone is 1. The Kier molecular flexibility index (Phi) is 6.45. The van der Waals surface area contributed by atoms with Gasteiger partial charge in [0.25, 0.3) is 0 Å². The molecule has 0 aliphatic heterocycles. The number of aliphatic hydroxyl groups is 2. The van der Waals surface area contributed by atoms with Crippen molar-refractivity contribution in [3.8, 4) is 0 Å². The third kappa shape index (κ3) is 4.80. The smallest absolute Gasteiger partial charge is 0.155 e. The maximum atomic E-state index is 11.1. The van der Waals surface area contributed by atoms with Gasteiger partial charge >= 0.3 is 0 Å². The summed E-state index contributed by atoms with van der Waals surface area (Å²) in [4.78, 5) is 11.1. The molecule has 13 heavy (non-hydrogen) atoms. The Hall–Kier alpha value is -0.670. The molecule has 0 unspecified atom stereocenters. The SMILES string of the molecule is CC(=O)/C(CCO)=C(\C)CCCO. The molecule has 0 aliphatic rings. The van der Waals surface area contributed by atoms with E-state index in [0.29, 0.717) is 18.4 Å². The van der Waals surface area contributed by atoms with Gasteiger partial charge in [-0.2, -0.15) is 0 Å². The molecule has 2 N–H and O–H groups in total. The minimum absolute atomic E-state index is 0.00534. The Labute approximate surface area is 79.1 Å². The van der Waals surface area contributed by atoms with Crippen molar-refractivity contribution in [1.82, 2.24) is 0 Å². The van der Waals surface area contributed by atoms with Crippen LogP contribution in [0.25, 0.3) is 0 Å². The lowest BCUT2D eigenvalue weighted by Crippen LogP contribution is -2.03. The quantitative estimate of drug-likeness (QED) is 0.609. The minimum Gasteiger partial charge on any atom is -0.396 e. The highest BCUT2D eigenvalue weighted by atomic mass is 16.3. The number of Topliss-reactive ketones (excluding diaryl/α,β-unsaturated/α-hetero) is 1. The lowest BCUT2D eigenvalue weighted by Gasteiger charge is -2.07. The molecule has 0 saturated heterocycles. The van der Waals surface area contributed by atoms with Crippen LogP contribution in [0, 0.1) is 0 Å². The van der Waals surface area contributed by atoms with E-state index in [-0.39, 0.29) is 19.0 Å². The molecule has 0 rings (SSSR count). The molecule has 0 aromatic heterocycles. The first-order chi connectivity index (χ1) is 6.13.